The van der Waals surface area contributed by atoms with Crippen LogP contribution in [0.4, 0.5) is 21.6 Å². The smallest absolute Gasteiger partial charge is 0.255 e. The molecule has 1 aromatic carbocycles. The van der Waals surface area contributed by atoms with Crippen molar-refractivity contribution in [2.24, 2.45) is 0 Å². The number of nitrogens with one attached hydrogen (secondary N) is 3. The lowest BCUT2D eigenvalue weighted by Crippen LogP contribution is -2.38. The van der Waals surface area contributed by atoms with Crippen LogP contribution >= 0.6 is 11.6 Å². The van der Waals surface area contributed by atoms with Crippen molar-refractivity contribution >= 4 is 34.7 Å². The van der Waals surface area contributed by atoms with Crippen LogP contribution < -0.4 is 20.7 Å². The summed E-state index contributed by atoms with van der Waals surface area (Å²) in [6.07, 6.45) is 2.99. The Labute approximate surface area is 218 Å². The average molecular weight is 531 g/mol. The molecule has 0 spiro atoms. The fourth-order valence-corrected chi connectivity index (χ4v) is 4.09. The average Bonchev–Trinajstić information content (AvgIpc) is 2.90. The summed E-state index contributed by atoms with van der Waals surface area (Å²) in [5, 5.41) is 27.9. The number of ether oxygens (including phenoxy) is 1. The molecule has 0 unspecified atom stereocenters. The van der Waals surface area contributed by atoms with Crippen molar-refractivity contribution < 1.29 is 24.1 Å². The first-order valence-electron chi connectivity index (χ1n) is 11.8. The minimum atomic E-state index is -0.472. The van der Waals surface area contributed by atoms with Gasteiger partial charge in [0.15, 0.2) is 11.6 Å². The van der Waals surface area contributed by atoms with Gasteiger partial charge in [-0.25, -0.2) is 9.37 Å². The molecule has 196 valence electrons. The Morgan fingerprint density at radius 2 is 1.97 bits per heavy atom. The van der Waals surface area contributed by atoms with E-state index in [9.17, 15) is 9.18 Å². The number of aliphatic hydroxyl groups excluding tert-OH is 2. The van der Waals surface area contributed by atoms with Crippen LogP contribution in [0.15, 0.2) is 42.7 Å². The second kappa shape index (κ2) is 12.6. The van der Waals surface area contributed by atoms with Crippen LogP contribution in [0.5, 0.6) is 5.75 Å². The number of pyridine rings is 2. The van der Waals surface area contributed by atoms with Crippen molar-refractivity contribution in [3.8, 4) is 17.0 Å². The predicted molar refractivity (Wildman–Crippen MR) is 139 cm³/mol. The van der Waals surface area contributed by atoms with Gasteiger partial charge in [0, 0.05) is 49.2 Å². The fourth-order valence-electron chi connectivity index (χ4n) is 3.92. The maximum absolute atomic E-state index is 14.6. The zero-order valence-electron chi connectivity index (χ0n) is 20.0. The van der Waals surface area contributed by atoms with Gasteiger partial charge in [0.25, 0.3) is 5.91 Å². The number of benzene rings is 1. The largest absolute Gasteiger partial charge is 0.486 e. The number of halogens is 2. The van der Waals surface area contributed by atoms with Crippen LogP contribution in [0.25, 0.3) is 11.3 Å². The fraction of sp³-hybridized carbons (Fsp3) is 0.320. The number of nitrogens with zero attached hydrogens (tertiary/aromatic N) is 3. The Bertz CT molecular complexity index is 1240. The van der Waals surface area contributed by atoms with Crippen molar-refractivity contribution in [1.82, 2.24) is 20.2 Å². The lowest BCUT2D eigenvalue weighted by atomic mass is 10.1. The Morgan fingerprint density at radius 3 is 2.76 bits per heavy atom. The van der Waals surface area contributed by atoms with E-state index in [-0.39, 0.29) is 24.7 Å². The highest BCUT2D eigenvalue weighted by atomic mass is 35.5. The third-order valence-electron chi connectivity index (χ3n) is 5.70. The molecule has 0 saturated carbocycles. The summed E-state index contributed by atoms with van der Waals surface area (Å²) in [6, 6.07) is 7.55. The van der Waals surface area contributed by atoms with Crippen LogP contribution in [0.2, 0.25) is 5.02 Å². The molecule has 0 aliphatic carbocycles. The molecule has 3 aromatic rings. The van der Waals surface area contributed by atoms with Gasteiger partial charge in [-0.15, -0.1) is 0 Å². The van der Waals surface area contributed by atoms with Gasteiger partial charge in [0.1, 0.15) is 12.4 Å². The molecule has 1 aliphatic rings. The van der Waals surface area contributed by atoms with Crippen molar-refractivity contribution in [3.05, 3.63) is 59.1 Å². The number of aliphatic hydroxyl groups is 2. The molecule has 10 nitrogen and oxygen atoms in total. The number of anilines is 3. The summed E-state index contributed by atoms with van der Waals surface area (Å²) in [5.74, 6) is 0.0642. The summed E-state index contributed by atoms with van der Waals surface area (Å²) in [4.78, 5) is 23.4. The summed E-state index contributed by atoms with van der Waals surface area (Å²) >= 11 is 6.10. The Balaban J connectivity index is 1.59. The normalized spacial score (nSPS) is 12.5. The van der Waals surface area contributed by atoms with Crippen LogP contribution in [-0.4, -0.2) is 83.5 Å². The number of aromatic nitrogens is 2. The minimum Gasteiger partial charge on any atom is -0.486 e. The first kappa shape index (κ1) is 26.6. The zero-order valence-corrected chi connectivity index (χ0v) is 20.8. The highest BCUT2D eigenvalue weighted by molar-refractivity contribution is 6.30. The molecule has 0 radical (unpaired) electrons. The first-order chi connectivity index (χ1) is 18.0. The molecule has 0 atom stereocenters. The Kier molecular flexibility index (Phi) is 9.07. The molecule has 1 aliphatic heterocycles. The van der Waals surface area contributed by atoms with Gasteiger partial charge in [-0.2, -0.15) is 0 Å². The zero-order chi connectivity index (χ0) is 26.2. The molecule has 12 heteroatoms. The second-order valence-corrected chi connectivity index (χ2v) is 8.66. The number of fused-ring (bicyclic) bond motifs is 1. The molecular weight excluding hydrogens is 503 g/mol. The van der Waals surface area contributed by atoms with Crippen LogP contribution in [0.3, 0.4) is 0 Å². The van der Waals surface area contributed by atoms with E-state index in [1.807, 2.05) is 4.90 Å². The van der Waals surface area contributed by atoms with Gasteiger partial charge in [-0.3, -0.25) is 14.7 Å². The van der Waals surface area contributed by atoms with Crippen molar-refractivity contribution in [2.45, 2.75) is 0 Å². The lowest BCUT2D eigenvalue weighted by molar-refractivity contribution is 0.0945. The number of rotatable bonds is 11. The summed E-state index contributed by atoms with van der Waals surface area (Å²) < 4.78 is 20.5. The minimum absolute atomic E-state index is 0.0428. The number of carbonyl (C=O) groups excluding carboxylic acids is 1. The molecule has 4 rings (SSSR count). The molecule has 2 aromatic heterocycles. The van der Waals surface area contributed by atoms with Gasteiger partial charge >= 0.3 is 0 Å². The molecular formula is C25H28ClFN6O4. The molecule has 37 heavy (non-hydrogen) atoms. The van der Waals surface area contributed by atoms with Crippen LogP contribution in [0.1, 0.15) is 10.4 Å². The van der Waals surface area contributed by atoms with Gasteiger partial charge in [-0.1, -0.05) is 11.6 Å². The third kappa shape index (κ3) is 6.63. The second-order valence-electron chi connectivity index (χ2n) is 8.22. The van der Waals surface area contributed by atoms with Gasteiger partial charge in [0.2, 0.25) is 0 Å². The molecule has 5 N–H and O–H groups in total. The predicted octanol–water partition coefficient (Wildman–Crippen LogP) is 2.50. The van der Waals surface area contributed by atoms with E-state index >= 15 is 0 Å². The topological polar surface area (TPSA) is 132 Å². The lowest BCUT2D eigenvalue weighted by Gasteiger charge is -2.23. The quantitative estimate of drug-likeness (QED) is 0.254. The van der Waals surface area contributed by atoms with E-state index in [1.165, 1.54) is 24.4 Å². The van der Waals surface area contributed by atoms with Crippen LogP contribution in [-0.2, 0) is 0 Å². The maximum atomic E-state index is 14.6. The van der Waals surface area contributed by atoms with Crippen molar-refractivity contribution in [1.29, 1.82) is 0 Å². The van der Waals surface area contributed by atoms with E-state index in [1.54, 1.807) is 18.3 Å². The van der Waals surface area contributed by atoms with Crippen LogP contribution in [0, 0.1) is 5.82 Å². The number of carbonyl (C=O) groups is 1. The standard InChI is InChI=1S/C25H28ClFN6O4/c26-16-1-2-19(27)17(13-16)21-14-22(23-24(32-21)29-6-12-37-23)31-20-3-4-28-15-18(20)25(36)30-5-7-33(8-10-34)9-11-35/h1-4,13-15,34-35H,5-12H2,(H,30,36)(H2,28,29,31,32). The highest BCUT2D eigenvalue weighted by Crippen LogP contribution is 2.40. The van der Waals surface area contributed by atoms with Crippen molar-refractivity contribution in [3.63, 3.8) is 0 Å². The van der Waals surface area contributed by atoms with Gasteiger partial charge in [0.05, 0.1) is 42.4 Å². The third-order valence-corrected chi connectivity index (χ3v) is 5.93. The van der Waals surface area contributed by atoms with Gasteiger partial charge < -0.3 is 30.9 Å². The number of hydrogen-bond acceptors (Lipinski definition) is 9. The SMILES string of the molecule is O=C(NCCN(CCO)CCO)c1cnccc1Nc1cc(-c2cc(Cl)ccc2F)nc2c1OCCN2. The van der Waals surface area contributed by atoms with E-state index in [2.05, 4.69) is 25.9 Å². The molecule has 1 amide bonds. The van der Waals surface area contributed by atoms with Gasteiger partial charge in [-0.05, 0) is 30.3 Å². The highest BCUT2D eigenvalue weighted by Gasteiger charge is 2.22. The number of hydrogen-bond donors (Lipinski definition) is 5. The summed E-state index contributed by atoms with van der Waals surface area (Å²) in [5.41, 5.74) is 1.82. The molecule has 0 bridgehead atoms. The monoisotopic (exact) mass is 530 g/mol. The summed E-state index contributed by atoms with van der Waals surface area (Å²) in [7, 11) is 0. The Morgan fingerprint density at radius 1 is 1.16 bits per heavy atom. The maximum Gasteiger partial charge on any atom is 0.255 e. The summed E-state index contributed by atoms with van der Waals surface area (Å²) in [6.45, 7) is 2.42. The molecule has 0 fully saturated rings. The van der Waals surface area contributed by atoms with E-state index in [0.717, 1.165) is 0 Å². The Hall–Kier alpha value is -3.51. The number of amides is 1. The first-order valence-corrected chi connectivity index (χ1v) is 12.2. The van der Waals surface area contributed by atoms with E-state index < -0.39 is 5.82 Å². The molecule has 3 heterocycles. The van der Waals surface area contributed by atoms with E-state index in [4.69, 9.17) is 26.6 Å². The molecule has 0 saturated heterocycles. The van der Waals surface area contributed by atoms with E-state index in [0.29, 0.717) is 78.6 Å². The van der Waals surface area contributed by atoms with Crippen molar-refractivity contribution in [2.75, 3.05) is 63.2 Å².